The molecule has 0 saturated heterocycles. The molecule has 0 aliphatic heterocycles. The maximum Gasteiger partial charge on any atom is 0.306 e. The zero-order valence-electron chi connectivity index (χ0n) is 12.3. The summed E-state index contributed by atoms with van der Waals surface area (Å²) in [7, 11) is 0. The summed E-state index contributed by atoms with van der Waals surface area (Å²) in [4.78, 5) is 24.2. The van der Waals surface area contributed by atoms with Gasteiger partial charge >= 0.3 is 5.97 Å². The molecule has 2 aromatic rings. The van der Waals surface area contributed by atoms with E-state index < -0.39 is 5.97 Å². The molecule has 2 aliphatic rings. The smallest absolute Gasteiger partial charge is 0.306 e. The molecule has 2 saturated carbocycles. The van der Waals surface area contributed by atoms with E-state index in [1.54, 1.807) is 6.33 Å². The Morgan fingerprint density at radius 3 is 2.59 bits per heavy atom. The lowest BCUT2D eigenvalue weighted by atomic mass is 9.86. The van der Waals surface area contributed by atoms with Gasteiger partial charge in [-0.3, -0.25) is 4.79 Å². The second-order valence-corrected chi connectivity index (χ2v) is 6.31. The van der Waals surface area contributed by atoms with Gasteiger partial charge in [0.2, 0.25) is 0 Å². The second-order valence-electron chi connectivity index (χ2n) is 6.31. The number of anilines is 1. The molecule has 2 N–H and O–H groups in total. The minimum absolute atomic E-state index is 0.197. The molecule has 22 heavy (non-hydrogen) atoms. The van der Waals surface area contributed by atoms with Crippen molar-refractivity contribution in [1.82, 2.24) is 19.5 Å². The molecular weight excluding hydrogens is 282 g/mol. The minimum Gasteiger partial charge on any atom is -0.481 e. The minimum atomic E-state index is -0.675. The molecule has 0 atom stereocenters. The number of nitrogens with zero attached hydrogens (tertiary/aromatic N) is 4. The average Bonchev–Trinajstić information content (AvgIpc) is 3.27. The van der Waals surface area contributed by atoms with Crippen LogP contribution in [0.2, 0.25) is 0 Å². The predicted molar refractivity (Wildman–Crippen MR) is 80.6 cm³/mol. The molecule has 2 aliphatic carbocycles. The Kier molecular flexibility index (Phi) is 3.20. The molecule has 0 unspecified atom stereocenters. The fourth-order valence-corrected chi connectivity index (χ4v) is 3.26. The summed E-state index contributed by atoms with van der Waals surface area (Å²) < 4.78 is 2.13. The van der Waals surface area contributed by atoms with Gasteiger partial charge in [-0.25, -0.2) is 15.0 Å². The molecule has 0 spiro atoms. The fourth-order valence-electron chi connectivity index (χ4n) is 3.26. The first-order valence-electron chi connectivity index (χ1n) is 7.89. The third-order valence-corrected chi connectivity index (χ3v) is 4.72. The highest BCUT2D eigenvalue weighted by Gasteiger charge is 2.28. The Balaban J connectivity index is 1.51. The van der Waals surface area contributed by atoms with Crippen molar-refractivity contribution in [3.05, 3.63) is 12.7 Å². The Morgan fingerprint density at radius 2 is 1.91 bits per heavy atom. The third-order valence-electron chi connectivity index (χ3n) is 4.72. The van der Waals surface area contributed by atoms with Gasteiger partial charge in [0.1, 0.15) is 11.8 Å². The average molecular weight is 301 g/mol. The summed E-state index contributed by atoms with van der Waals surface area (Å²) in [6, 6.07) is 0.804. The van der Waals surface area contributed by atoms with Crippen LogP contribution in [0.1, 0.15) is 44.6 Å². The SMILES string of the molecule is O=C(O)C1CCC(Nc2ncnc3c2ncn3C2CC2)CC1. The summed E-state index contributed by atoms with van der Waals surface area (Å²) in [6.45, 7) is 0. The summed E-state index contributed by atoms with van der Waals surface area (Å²) in [5.74, 6) is -0.105. The number of carbonyl (C=O) groups is 1. The molecule has 116 valence electrons. The van der Waals surface area contributed by atoms with E-state index in [2.05, 4.69) is 24.8 Å². The lowest BCUT2D eigenvalue weighted by Gasteiger charge is -2.27. The van der Waals surface area contributed by atoms with Crippen LogP contribution >= 0.6 is 0 Å². The number of aliphatic carboxylic acids is 1. The molecule has 0 radical (unpaired) electrons. The summed E-state index contributed by atoms with van der Waals surface area (Å²) in [6.07, 6.45) is 8.96. The molecule has 2 fully saturated rings. The lowest BCUT2D eigenvalue weighted by molar-refractivity contribution is -0.142. The van der Waals surface area contributed by atoms with Crippen LogP contribution in [-0.2, 0) is 4.79 Å². The van der Waals surface area contributed by atoms with E-state index in [9.17, 15) is 4.79 Å². The van der Waals surface area contributed by atoms with Gasteiger partial charge in [-0.2, -0.15) is 0 Å². The highest BCUT2D eigenvalue weighted by molar-refractivity contribution is 5.83. The van der Waals surface area contributed by atoms with Gasteiger partial charge in [-0.15, -0.1) is 0 Å². The summed E-state index contributed by atoms with van der Waals surface area (Å²) in [5, 5.41) is 12.5. The molecule has 7 nitrogen and oxygen atoms in total. The van der Waals surface area contributed by atoms with E-state index in [1.807, 2.05) is 6.33 Å². The van der Waals surface area contributed by atoms with Crippen LogP contribution in [0.3, 0.4) is 0 Å². The molecule has 4 rings (SSSR count). The highest BCUT2D eigenvalue weighted by Crippen LogP contribution is 2.37. The van der Waals surface area contributed by atoms with Crippen molar-refractivity contribution >= 4 is 23.0 Å². The number of aromatic nitrogens is 4. The van der Waals surface area contributed by atoms with Crippen molar-refractivity contribution < 1.29 is 9.90 Å². The molecule has 7 heteroatoms. The molecule has 0 bridgehead atoms. The van der Waals surface area contributed by atoms with Crippen LogP contribution < -0.4 is 5.32 Å². The lowest BCUT2D eigenvalue weighted by Crippen LogP contribution is -2.29. The van der Waals surface area contributed by atoms with Crippen molar-refractivity contribution in [3.63, 3.8) is 0 Å². The van der Waals surface area contributed by atoms with Crippen LogP contribution in [0.15, 0.2) is 12.7 Å². The van der Waals surface area contributed by atoms with Gasteiger partial charge in [-0.1, -0.05) is 0 Å². The van der Waals surface area contributed by atoms with Crippen molar-refractivity contribution in [3.8, 4) is 0 Å². The number of fused-ring (bicyclic) bond motifs is 1. The number of imidazole rings is 1. The number of carboxylic acids is 1. The Bertz CT molecular complexity index is 701. The first-order valence-corrected chi connectivity index (χ1v) is 7.89. The summed E-state index contributed by atoms with van der Waals surface area (Å²) in [5.41, 5.74) is 1.70. The van der Waals surface area contributed by atoms with Crippen molar-refractivity contribution in [1.29, 1.82) is 0 Å². The van der Waals surface area contributed by atoms with Crippen LogP contribution in [-0.4, -0.2) is 36.6 Å². The van der Waals surface area contributed by atoms with Gasteiger partial charge in [0.15, 0.2) is 11.5 Å². The van der Waals surface area contributed by atoms with Crippen LogP contribution in [0.4, 0.5) is 5.82 Å². The second kappa shape index (κ2) is 5.23. The van der Waals surface area contributed by atoms with Gasteiger partial charge in [0.05, 0.1) is 12.2 Å². The third kappa shape index (κ3) is 2.40. The van der Waals surface area contributed by atoms with Crippen LogP contribution in [0, 0.1) is 5.92 Å². The number of carboxylic acid groups (broad SMARTS) is 1. The topological polar surface area (TPSA) is 92.9 Å². The van der Waals surface area contributed by atoms with Gasteiger partial charge in [-0.05, 0) is 38.5 Å². The standard InChI is InChI=1S/C15H19N5O2/c21-15(22)9-1-3-10(4-2-9)19-13-12-14(17-7-16-13)20(8-18-12)11-5-6-11/h7-11H,1-6H2,(H,21,22)(H,16,17,19). The molecule has 0 amide bonds. The molecule has 2 heterocycles. The quantitative estimate of drug-likeness (QED) is 0.899. The van der Waals surface area contributed by atoms with Crippen molar-refractivity contribution in [2.24, 2.45) is 5.92 Å². The van der Waals surface area contributed by atoms with Gasteiger partial charge in [0.25, 0.3) is 0 Å². The van der Waals surface area contributed by atoms with Crippen LogP contribution in [0.25, 0.3) is 11.2 Å². The van der Waals surface area contributed by atoms with E-state index in [1.165, 1.54) is 12.8 Å². The van der Waals surface area contributed by atoms with E-state index >= 15 is 0 Å². The Labute approximate surface area is 127 Å². The molecule has 2 aromatic heterocycles. The van der Waals surface area contributed by atoms with E-state index in [-0.39, 0.29) is 12.0 Å². The number of rotatable bonds is 4. The van der Waals surface area contributed by atoms with E-state index in [4.69, 9.17) is 5.11 Å². The zero-order chi connectivity index (χ0) is 15.1. The van der Waals surface area contributed by atoms with Gasteiger partial charge in [0, 0.05) is 12.1 Å². The number of hydrogen-bond acceptors (Lipinski definition) is 5. The Hall–Kier alpha value is -2.18. The van der Waals surface area contributed by atoms with E-state index in [0.29, 0.717) is 6.04 Å². The normalized spacial score (nSPS) is 25.3. The predicted octanol–water partition coefficient (Wildman–Crippen LogP) is 2.22. The maximum atomic E-state index is 11.0. The summed E-state index contributed by atoms with van der Waals surface area (Å²) >= 11 is 0. The number of nitrogens with one attached hydrogen (secondary N) is 1. The maximum absolute atomic E-state index is 11.0. The fraction of sp³-hybridized carbons (Fsp3) is 0.600. The first-order chi connectivity index (χ1) is 10.7. The van der Waals surface area contributed by atoms with E-state index in [0.717, 1.165) is 42.7 Å². The molecule has 0 aromatic carbocycles. The monoisotopic (exact) mass is 301 g/mol. The molecular formula is C15H19N5O2. The first kappa shape index (κ1) is 13.5. The number of hydrogen-bond donors (Lipinski definition) is 2. The van der Waals surface area contributed by atoms with Crippen molar-refractivity contribution in [2.75, 3.05) is 5.32 Å². The van der Waals surface area contributed by atoms with Gasteiger partial charge < -0.3 is 15.0 Å². The van der Waals surface area contributed by atoms with Crippen LogP contribution in [0.5, 0.6) is 0 Å². The Morgan fingerprint density at radius 1 is 1.14 bits per heavy atom. The largest absolute Gasteiger partial charge is 0.481 e. The highest BCUT2D eigenvalue weighted by atomic mass is 16.4. The zero-order valence-corrected chi connectivity index (χ0v) is 12.3. The van der Waals surface area contributed by atoms with Crippen molar-refractivity contribution in [2.45, 2.75) is 50.6 Å².